The Kier molecular flexibility index (Phi) is 2.30. The SMILES string of the molecule is COc1nc2ccccc2nc1I. The average molecular weight is 286 g/mol. The molecule has 0 unspecified atom stereocenters. The van der Waals surface area contributed by atoms with Gasteiger partial charge in [0, 0.05) is 0 Å². The lowest BCUT2D eigenvalue weighted by atomic mass is 10.3. The molecule has 1 aromatic carbocycles. The molecule has 13 heavy (non-hydrogen) atoms. The summed E-state index contributed by atoms with van der Waals surface area (Å²) < 4.78 is 5.86. The van der Waals surface area contributed by atoms with Gasteiger partial charge >= 0.3 is 0 Å². The fourth-order valence-corrected chi connectivity index (χ4v) is 1.69. The highest BCUT2D eigenvalue weighted by atomic mass is 127. The van der Waals surface area contributed by atoms with E-state index < -0.39 is 0 Å². The summed E-state index contributed by atoms with van der Waals surface area (Å²) in [7, 11) is 1.60. The van der Waals surface area contributed by atoms with E-state index in [1.807, 2.05) is 24.3 Å². The molecule has 0 spiro atoms. The van der Waals surface area contributed by atoms with E-state index in [2.05, 4.69) is 32.6 Å². The molecule has 4 heteroatoms. The number of para-hydroxylation sites is 2. The van der Waals surface area contributed by atoms with Gasteiger partial charge in [-0.2, -0.15) is 0 Å². The number of benzene rings is 1. The Bertz CT molecular complexity index is 445. The van der Waals surface area contributed by atoms with Gasteiger partial charge in [0.25, 0.3) is 0 Å². The number of hydrogen-bond donors (Lipinski definition) is 0. The number of ether oxygens (including phenoxy) is 1. The second kappa shape index (κ2) is 3.45. The summed E-state index contributed by atoms with van der Waals surface area (Å²) in [5.74, 6) is 0.583. The van der Waals surface area contributed by atoms with E-state index in [1.54, 1.807) is 7.11 Å². The van der Waals surface area contributed by atoms with E-state index in [1.165, 1.54) is 0 Å². The third-order valence-electron chi connectivity index (χ3n) is 1.69. The maximum absolute atomic E-state index is 5.07. The molecular weight excluding hydrogens is 279 g/mol. The van der Waals surface area contributed by atoms with Gasteiger partial charge in [-0.25, -0.2) is 9.97 Å². The lowest BCUT2D eigenvalue weighted by molar-refractivity contribution is 0.394. The highest BCUT2D eigenvalue weighted by molar-refractivity contribution is 14.1. The zero-order valence-corrected chi connectivity index (χ0v) is 9.15. The van der Waals surface area contributed by atoms with E-state index in [9.17, 15) is 0 Å². The van der Waals surface area contributed by atoms with Crippen LogP contribution in [-0.4, -0.2) is 17.1 Å². The summed E-state index contributed by atoms with van der Waals surface area (Å²) in [6.45, 7) is 0. The van der Waals surface area contributed by atoms with Crippen LogP contribution in [0.1, 0.15) is 0 Å². The van der Waals surface area contributed by atoms with Crippen molar-refractivity contribution < 1.29 is 4.74 Å². The Morgan fingerprint density at radius 1 is 1.15 bits per heavy atom. The molecule has 2 aromatic rings. The zero-order valence-electron chi connectivity index (χ0n) is 6.99. The van der Waals surface area contributed by atoms with Crippen LogP contribution in [0.5, 0.6) is 5.88 Å². The molecule has 0 aliphatic rings. The maximum atomic E-state index is 5.07. The highest BCUT2D eigenvalue weighted by Gasteiger charge is 2.04. The second-order valence-corrected chi connectivity index (χ2v) is 3.53. The van der Waals surface area contributed by atoms with Crippen LogP contribution in [0.2, 0.25) is 0 Å². The number of hydrogen-bond acceptors (Lipinski definition) is 3. The van der Waals surface area contributed by atoms with E-state index in [0.717, 1.165) is 14.7 Å². The lowest BCUT2D eigenvalue weighted by Gasteiger charge is -2.02. The molecule has 0 aliphatic heterocycles. The molecule has 1 heterocycles. The Morgan fingerprint density at radius 3 is 2.38 bits per heavy atom. The van der Waals surface area contributed by atoms with Gasteiger partial charge in [-0.3, -0.25) is 0 Å². The van der Waals surface area contributed by atoms with Crippen molar-refractivity contribution in [3.05, 3.63) is 28.0 Å². The van der Waals surface area contributed by atoms with Crippen molar-refractivity contribution in [3.8, 4) is 5.88 Å². The van der Waals surface area contributed by atoms with E-state index in [-0.39, 0.29) is 0 Å². The molecule has 0 atom stereocenters. The first-order valence-corrected chi connectivity index (χ1v) is 4.85. The highest BCUT2D eigenvalue weighted by Crippen LogP contribution is 2.19. The molecule has 66 valence electrons. The van der Waals surface area contributed by atoms with Crippen LogP contribution >= 0.6 is 22.6 Å². The summed E-state index contributed by atoms with van der Waals surface area (Å²) in [6.07, 6.45) is 0. The Morgan fingerprint density at radius 2 is 1.77 bits per heavy atom. The van der Waals surface area contributed by atoms with Gasteiger partial charge in [-0.05, 0) is 34.7 Å². The first kappa shape index (κ1) is 8.68. The number of rotatable bonds is 1. The fourth-order valence-electron chi connectivity index (χ4n) is 1.09. The van der Waals surface area contributed by atoms with Gasteiger partial charge in [0.1, 0.15) is 0 Å². The summed E-state index contributed by atoms with van der Waals surface area (Å²) in [5, 5.41) is 0. The molecule has 0 amide bonds. The molecule has 0 saturated heterocycles. The molecule has 0 fully saturated rings. The molecule has 0 aliphatic carbocycles. The van der Waals surface area contributed by atoms with Gasteiger partial charge in [0.2, 0.25) is 5.88 Å². The zero-order chi connectivity index (χ0) is 9.26. The fraction of sp³-hybridized carbons (Fsp3) is 0.111. The first-order valence-electron chi connectivity index (χ1n) is 3.77. The van der Waals surface area contributed by atoms with Crippen LogP contribution in [0.4, 0.5) is 0 Å². The Hall–Kier alpha value is -0.910. The normalized spacial score (nSPS) is 10.3. The van der Waals surface area contributed by atoms with Crippen LogP contribution in [0.25, 0.3) is 11.0 Å². The predicted molar refractivity (Wildman–Crippen MR) is 58.8 cm³/mol. The van der Waals surface area contributed by atoms with Crippen molar-refractivity contribution in [2.24, 2.45) is 0 Å². The number of halogens is 1. The summed E-state index contributed by atoms with van der Waals surface area (Å²) in [4.78, 5) is 8.65. The smallest absolute Gasteiger partial charge is 0.246 e. The molecule has 1 aromatic heterocycles. The molecule has 3 nitrogen and oxygen atoms in total. The van der Waals surface area contributed by atoms with Crippen molar-refractivity contribution in [3.63, 3.8) is 0 Å². The summed E-state index contributed by atoms with van der Waals surface area (Å²) in [6, 6.07) is 7.73. The molecule has 0 bridgehead atoms. The van der Waals surface area contributed by atoms with Crippen molar-refractivity contribution in [1.29, 1.82) is 0 Å². The van der Waals surface area contributed by atoms with Gasteiger partial charge in [0.05, 0.1) is 18.1 Å². The molecule has 0 N–H and O–H groups in total. The lowest BCUT2D eigenvalue weighted by Crippen LogP contribution is -1.94. The van der Waals surface area contributed by atoms with Crippen LogP contribution in [0.3, 0.4) is 0 Å². The largest absolute Gasteiger partial charge is 0.479 e. The average Bonchev–Trinajstić information content (AvgIpc) is 2.17. The minimum Gasteiger partial charge on any atom is -0.479 e. The van der Waals surface area contributed by atoms with Crippen molar-refractivity contribution >= 4 is 33.6 Å². The third-order valence-corrected chi connectivity index (χ3v) is 2.39. The van der Waals surface area contributed by atoms with Crippen molar-refractivity contribution in [2.75, 3.05) is 7.11 Å². The molecule has 0 radical (unpaired) electrons. The summed E-state index contributed by atoms with van der Waals surface area (Å²) in [5.41, 5.74) is 1.76. The van der Waals surface area contributed by atoms with E-state index in [4.69, 9.17) is 4.74 Å². The van der Waals surface area contributed by atoms with Gasteiger partial charge in [-0.15, -0.1) is 0 Å². The number of fused-ring (bicyclic) bond motifs is 1. The van der Waals surface area contributed by atoms with Crippen LogP contribution < -0.4 is 4.74 Å². The van der Waals surface area contributed by atoms with Gasteiger partial charge < -0.3 is 4.74 Å². The molecule has 2 rings (SSSR count). The quantitative estimate of drug-likeness (QED) is 0.754. The van der Waals surface area contributed by atoms with Gasteiger partial charge in [0.15, 0.2) is 3.70 Å². The number of methoxy groups -OCH3 is 1. The maximum Gasteiger partial charge on any atom is 0.246 e. The molecule has 0 saturated carbocycles. The second-order valence-electron chi connectivity index (χ2n) is 2.51. The van der Waals surface area contributed by atoms with Crippen LogP contribution in [-0.2, 0) is 0 Å². The Balaban J connectivity index is 2.74. The van der Waals surface area contributed by atoms with Gasteiger partial charge in [-0.1, -0.05) is 12.1 Å². The minimum atomic E-state index is 0.583. The minimum absolute atomic E-state index is 0.583. The molecular formula is C9H7IN2O. The monoisotopic (exact) mass is 286 g/mol. The third kappa shape index (κ3) is 1.58. The predicted octanol–water partition coefficient (Wildman–Crippen LogP) is 2.24. The van der Waals surface area contributed by atoms with Crippen LogP contribution in [0, 0.1) is 3.70 Å². The number of nitrogens with zero attached hydrogens (tertiary/aromatic N) is 2. The van der Waals surface area contributed by atoms with Crippen LogP contribution in [0.15, 0.2) is 24.3 Å². The van der Waals surface area contributed by atoms with E-state index >= 15 is 0 Å². The standard InChI is InChI=1S/C9H7IN2O/c1-13-9-8(10)11-6-4-2-3-5-7(6)12-9/h2-5H,1H3. The van der Waals surface area contributed by atoms with E-state index in [0.29, 0.717) is 5.88 Å². The van der Waals surface area contributed by atoms with Crippen molar-refractivity contribution in [2.45, 2.75) is 0 Å². The topological polar surface area (TPSA) is 35.0 Å². The van der Waals surface area contributed by atoms with Crippen molar-refractivity contribution in [1.82, 2.24) is 9.97 Å². The Labute approximate surface area is 89.3 Å². The first-order chi connectivity index (χ1) is 6.31. The summed E-state index contributed by atoms with van der Waals surface area (Å²) >= 11 is 2.11. The number of aromatic nitrogens is 2.